The lowest BCUT2D eigenvalue weighted by Crippen LogP contribution is -2.43. The third-order valence-electron chi connectivity index (χ3n) is 4.05. The number of aliphatic hydroxyl groups is 1. The van der Waals surface area contributed by atoms with Crippen molar-refractivity contribution in [1.29, 1.82) is 0 Å². The second-order valence-corrected chi connectivity index (χ2v) is 6.47. The van der Waals surface area contributed by atoms with E-state index in [9.17, 15) is 9.90 Å². The van der Waals surface area contributed by atoms with Gasteiger partial charge >= 0.3 is 0 Å². The number of nitrogens with zero attached hydrogens (tertiary/aromatic N) is 1. The van der Waals surface area contributed by atoms with E-state index in [-0.39, 0.29) is 5.91 Å². The molecule has 26 heavy (non-hydrogen) atoms. The van der Waals surface area contributed by atoms with Gasteiger partial charge in [-0.25, -0.2) is 0 Å². The average molecular weight is 363 g/mol. The highest BCUT2D eigenvalue weighted by Gasteiger charge is 2.24. The first kappa shape index (κ1) is 22.0. The molecule has 6 heteroatoms. The number of guanidine groups is 1. The van der Waals surface area contributed by atoms with Crippen LogP contribution in [-0.2, 0) is 0 Å². The molecule has 0 heterocycles. The summed E-state index contributed by atoms with van der Waals surface area (Å²) in [7, 11) is 0. The Morgan fingerprint density at radius 3 is 2.19 bits per heavy atom. The van der Waals surface area contributed by atoms with E-state index in [4.69, 9.17) is 0 Å². The molecule has 0 atom stereocenters. The molecule has 0 aliphatic carbocycles. The van der Waals surface area contributed by atoms with Gasteiger partial charge in [0, 0.05) is 25.2 Å². The zero-order chi connectivity index (χ0) is 19.3. The summed E-state index contributed by atoms with van der Waals surface area (Å²) in [4.78, 5) is 16.5. The van der Waals surface area contributed by atoms with Crippen LogP contribution in [0, 0.1) is 0 Å². The van der Waals surface area contributed by atoms with Crippen molar-refractivity contribution in [2.75, 3.05) is 26.2 Å². The van der Waals surface area contributed by atoms with Crippen LogP contribution in [0.25, 0.3) is 0 Å². The van der Waals surface area contributed by atoms with E-state index < -0.39 is 5.60 Å². The largest absolute Gasteiger partial charge is 0.388 e. The number of rotatable bonds is 11. The fourth-order valence-electron chi connectivity index (χ4n) is 2.83. The number of benzene rings is 1. The highest BCUT2D eigenvalue weighted by molar-refractivity contribution is 5.94. The predicted octanol–water partition coefficient (Wildman–Crippen LogP) is 2.30. The average Bonchev–Trinajstić information content (AvgIpc) is 2.64. The summed E-state index contributed by atoms with van der Waals surface area (Å²) < 4.78 is 0. The Morgan fingerprint density at radius 2 is 1.62 bits per heavy atom. The number of carbonyl (C=O) groups is 1. The van der Waals surface area contributed by atoms with Crippen LogP contribution in [0.15, 0.2) is 35.3 Å². The first-order chi connectivity index (χ1) is 12.5. The molecule has 0 aliphatic rings. The molecule has 1 aromatic rings. The summed E-state index contributed by atoms with van der Waals surface area (Å²) in [5.74, 6) is 0.571. The van der Waals surface area contributed by atoms with Crippen molar-refractivity contribution >= 4 is 11.9 Å². The van der Waals surface area contributed by atoms with Crippen molar-refractivity contribution < 1.29 is 9.90 Å². The molecule has 0 aromatic heterocycles. The summed E-state index contributed by atoms with van der Waals surface area (Å²) >= 11 is 0. The summed E-state index contributed by atoms with van der Waals surface area (Å²) in [6.45, 7) is 8.31. The van der Waals surface area contributed by atoms with Gasteiger partial charge in [0.25, 0.3) is 5.91 Å². The summed E-state index contributed by atoms with van der Waals surface area (Å²) in [6, 6.07) is 9.15. The highest BCUT2D eigenvalue weighted by atomic mass is 16.3. The van der Waals surface area contributed by atoms with Gasteiger partial charge in [-0.3, -0.25) is 9.79 Å². The van der Waals surface area contributed by atoms with E-state index in [1.165, 1.54) is 0 Å². The number of hydrogen-bond acceptors (Lipinski definition) is 3. The van der Waals surface area contributed by atoms with Crippen molar-refractivity contribution in [3.63, 3.8) is 0 Å². The van der Waals surface area contributed by atoms with Gasteiger partial charge in [0.1, 0.15) is 0 Å². The van der Waals surface area contributed by atoms with E-state index in [1.807, 2.05) is 25.1 Å². The summed E-state index contributed by atoms with van der Waals surface area (Å²) in [5.41, 5.74) is -0.0924. The van der Waals surface area contributed by atoms with Gasteiger partial charge in [-0.2, -0.15) is 0 Å². The van der Waals surface area contributed by atoms with Crippen LogP contribution in [-0.4, -0.2) is 48.8 Å². The maximum atomic E-state index is 12.0. The lowest BCUT2D eigenvalue weighted by atomic mass is 9.93. The zero-order valence-electron chi connectivity index (χ0n) is 16.3. The summed E-state index contributed by atoms with van der Waals surface area (Å²) in [5, 5.41) is 19.9. The lowest BCUT2D eigenvalue weighted by molar-refractivity contribution is 0.0306. The number of aliphatic imine (C=N–C) groups is 1. The number of amides is 1. The second kappa shape index (κ2) is 12.3. The molecule has 1 rings (SSSR count). The molecular formula is C20H34N4O2. The Kier molecular flexibility index (Phi) is 10.4. The van der Waals surface area contributed by atoms with Gasteiger partial charge in [-0.15, -0.1) is 0 Å². The van der Waals surface area contributed by atoms with E-state index in [0.29, 0.717) is 31.2 Å². The molecule has 0 unspecified atom stereocenters. The van der Waals surface area contributed by atoms with Crippen LogP contribution < -0.4 is 16.0 Å². The van der Waals surface area contributed by atoms with E-state index in [0.717, 1.165) is 32.2 Å². The topological polar surface area (TPSA) is 85.8 Å². The maximum Gasteiger partial charge on any atom is 0.251 e. The fourth-order valence-corrected chi connectivity index (χ4v) is 2.83. The monoisotopic (exact) mass is 362 g/mol. The van der Waals surface area contributed by atoms with Crippen molar-refractivity contribution in [2.24, 2.45) is 4.99 Å². The second-order valence-electron chi connectivity index (χ2n) is 6.47. The van der Waals surface area contributed by atoms with Crippen LogP contribution in [0.1, 0.15) is 56.8 Å². The molecule has 4 N–H and O–H groups in total. The van der Waals surface area contributed by atoms with Gasteiger partial charge < -0.3 is 21.1 Å². The van der Waals surface area contributed by atoms with Crippen LogP contribution in [0.3, 0.4) is 0 Å². The molecule has 146 valence electrons. The quantitative estimate of drug-likeness (QED) is 0.276. The normalized spacial score (nSPS) is 11.9. The molecule has 1 amide bonds. The Balaban J connectivity index is 2.47. The third-order valence-corrected chi connectivity index (χ3v) is 4.05. The number of hydrogen-bond donors (Lipinski definition) is 4. The summed E-state index contributed by atoms with van der Waals surface area (Å²) in [6.07, 6.45) is 3.36. The molecule has 0 saturated heterocycles. The zero-order valence-corrected chi connectivity index (χ0v) is 16.3. The first-order valence-electron chi connectivity index (χ1n) is 9.62. The Hall–Kier alpha value is -2.08. The Bertz CT molecular complexity index is 540. The molecule has 0 saturated carbocycles. The smallest absolute Gasteiger partial charge is 0.251 e. The minimum atomic E-state index is -0.743. The van der Waals surface area contributed by atoms with Gasteiger partial charge in [0.2, 0.25) is 0 Å². The third kappa shape index (κ3) is 8.34. The van der Waals surface area contributed by atoms with Gasteiger partial charge in [0.05, 0.1) is 12.1 Å². The minimum Gasteiger partial charge on any atom is -0.388 e. The molecule has 0 radical (unpaired) electrons. The number of nitrogens with one attached hydrogen (secondary N) is 3. The van der Waals surface area contributed by atoms with Crippen molar-refractivity contribution in [3.05, 3.63) is 35.9 Å². The SMILES string of the molecule is CCCC(O)(CCC)CN=C(NCC)NCCNC(=O)c1ccccc1. The molecule has 0 aliphatic heterocycles. The number of carbonyl (C=O) groups excluding carboxylic acids is 1. The molecule has 0 fully saturated rings. The van der Waals surface area contributed by atoms with Crippen molar-refractivity contribution in [3.8, 4) is 0 Å². The Morgan fingerprint density at radius 1 is 1.00 bits per heavy atom. The minimum absolute atomic E-state index is 0.0883. The van der Waals surface area contributed by atoms with Crippen LogP contribution >= 0.6 is 0 Å². The van der Waals surface area contributed by atoms with Gasteiger partial charge in [0.15, 0.2) is 5.96 Å². The van der Waals surface area contributed by atoms with Crippen LogP contribution in [0.2, 0.25) is 0 Å². The van der Waals surface area contributed by atoms with Crippen molar-refractivity contribution in [2.45, 2.75) is 52.1 Å². The van der Waals surface area contributed by atoms with Crippen LogP contribution in [0.4, 0.5) is 0 Å². The first-order valence-corrected chi connectivity index (χ1v) is 9.62. The standard InChI is InChI=1S/C20H34N4O2/c1-4-12-20(26,13-5-2)16-24-19(21-6-3)23-15-14-22-18(25)17-10-8-7-9-11-17/h7-11,26H,4-6,12-16H2,1-3H3,(H,22,25)(H2,21,23,24). The fraction of sp³-hybridized carbons (Fsp3) is 0.600. The lowest BCUT2D eigenvalue weighted by Gasteiger charge is -2.26. The molecule has 0 spiro atoms. The maximum absolute atomic E-state index is 12.0. The molecular weight excluding hydrogens is 328 g/mol. The van der Waals surface area contributed by atoms with E-state index in [2.05, 4.69) is 34.8 Å². The molecule has 6 nitrogen and oxygen atoms in total. The predicted molar refractivity (Wildman–Crippen MR) is 108 cm³/mol. The molecule has 1 aromatic carbocycles. The van der Waals surface area contributed by atoms with Crippen LogP contribution in [0.5, 0.6) is 0 Å². The van der Waals surface area contributed by atoms with E-state index in [1.54, 1.807) is 12.1 Å². The van der Waals surface area contributed by atoms with Gasteiger partial charge in [-0.1, -0.05) is 44.9 Å². The van der Waals surface area contributed by atoms with Gasteiger partial charge in [-0.05, 0) is 31.9 Å². The van der Waals surface area contributed by atoms with E-state index >= 15 is 0 Å². The Labute approximate surface area is 157 Å². The molecule has 0 bridgehead atoms. The highest BCUT2D eigenvalue weighted by Crippen LogP contribution is 2.19. The van der Waals surface area contributed by atoms with Crippen molar-refractivity contribution in [1.82, 2.24) is 16.0 Å².